The maximum atomic E-state index is 12.5. The molecule has 0 aliphatic heterocycles. The molecule has 0 unspecified atom stereocenters. The maximum absolute atomic E-state index is 12.5. The highest BCUT2D eigenvalue weighted by atomic mass is 32.1. The molecular formula is C6H5F2NO2S. The lowest BCUT2D eigenvalue weighted by Crippen LogP contribution is -2.30. The van der Waals surface area contributed by atoms with Gasteiger partial charge in [-0.2, -0.15) is 8.78 Å². The van der Waals surface area contributed by atoms with Crippen molar-refractivity contribution in [1.82, 2.24) is 4.37 Å². The van der Waals surface area contributed by atoms with Crippen LogP contribution in [0.3, 0.4) is 0 Å². The molecule has 0 bridgehead atoms. The number of carbonyl (C=O) groups is 1. The molecule has 0 aliphatic carbocycles. The standard InChI is InChI=1S/C6H5F2NO2S/c7-6(8,5(10)11)3-4-1-2-9-12-4/h1-2H,3H2,(H,10,11). The van der Waals surface area contributed by atoms with Crippen LogP contribution in [0.15, 0.2) is 12.3 Å². The number of aliphatic carboxylic acids is 1. The number of hydrogen-bond donors (Lipinski definition) is 1. The number of halogens is 2. The molecule has 0 saturated heterocycles. The Morgan fingerprint density at radius 1 is 1.75 bits per heavy atom. The SMILES string of the molecule is O=C(O)C(F)(F)Cc1ccns1. The highest BCUT2D eigenvalue weighted by molar-refractivity contribution is 7.05. The van der Waals surface area contributed by atoms with E-state index < -0.39 is 18.3 Å². The molecule has 1 heterocycles. The summed E-state index contributed by atoms with van der Waals surface area (Å²) in [6.07, 6.45) is 0.574. The lowest BCUT2D eigenvalue weighted by molar-refractivity contribution is -0.164. The second-order valence-electron chi connectivity index (χ2n) is 2.17. The maximum Gasteiger partial charge on any atom is 0.374 e. The van der Waals surface area contributed by atoms with Crippen LogP contribution < -0.4 is 0 Å². The van der Waals surface area contributed by atoms with Crippen LogP contribution in [0.5, 0.6) is 0 Å². The molecule has 0 aliphatic rings. The average Bonchev–Trinajstić information content (AvgIpc) is 2.38. The highest BCUT2D eigenvalue weighted by Gasteiger charge is 2.39. The molecule has 12 heavy (non-hydrogen) atoms. The third-order valence-corrected chi connectivity index (χ3v) is 1.94. The Kier molecular flexibility index (Phi) is 2.37. The summed E-state index contributed by atoms with van der Waals surface area (Å²) in [7, 11) is 0. The summed E-state index contributed by atoms with van der Waals surface area (Å²) in [6.45, 7) is 0. The Morgan fingerprint density at radius 3 is 2.83 bits per heavy atom. The zero-order valence-corrected chi connectivity index (χ0v) is 6.65. The Bertz CT molecular complexity index is 273. The van der Waals surface area contributed by atoms with Crippen molar-refractivity contribution in [2.75, 3.05) is 0 Å². The molecule has 0 spiro atoms. The molecule has 1 rings (SSSR count). The molecule has 0 atom stereocenters. The monoisotopic (exact) mass is 193 g/mol. The molecule has 0 aromatic carbocycles. The fraction of sp³-hybridized carbons (Fsp3) is 0.333. The van der Waals surface area contributed by atoms with Crippen molar-refractivity contribution in [3.63, 3.8) is 0 Å². The molecule has 66 valence electrons. The van der Waals surface area contributed by atoms with Gasteiger partial charge >= 0.3 is 11.9 Å². The van der Waals surface area contributed by atoms with Gasteiger partial charge in [-0.1, -0.05) is 0 Å². The van der Waals surface area contributed by atoms with E-state index in [-0.39, 0.29) is 4.88 Å². The van der Waals surface area contributed by atoms with E-state index in [1.807, 2.05) is 0 Å². The van der Waals surface area contributed by atoms with Crippen molar-refractivity contribution in [3.05, 3.63) is 17.1 Å². The van der Waals surface area contributed by atoms with Gasteiger partial charge in [-0.3, -0.25) is 0 Å². The molecule has 3 nitrogen and oxygen atoms in total. The Morgan fingerprint density at radius 2 is 2.42 bits per heavy atom. The molecule has 1 aromatic heterocycles. The first-order valence-electron chi connectivity index (χ1n) is 3.03. The molecule has 0 amide bonds. The Balaban J connectivity index is 2.69. The summed E-state index contributed by atoms with van der Waals surface area (Å²) < 4.78 is 28.6. The smallest absolute Gasteiger partial charge is 0.374 e. The molecule has 1 aromatic rings. The van der Waals surface area contributed by atoms with Gasteiger partial charge < -0.3 is 5.11 Å². The van der Waals surface area contributed by atoms with Crippen LogP contribution in [-0.2, 0) is 11.2 Å². The van der Waals surface area contributed by atoms with E-state index in [0.29, 0.717) is 0 Å². The van der Waals surface area contributed by atoms with Crippen molar-refractivity contribution in [2.45, 2.75) is 12.3 Å². The molecule has 0 radical (unpaired) electrons. The number of rotatable bonds is 3. The van der Waals surface area contributed by atoms with E-state index in [1.165, 1.54) is 12.3 Å². The van der Waals surface area contributed by atoms with E-state index in [9.17, 15) is 13.6 Å². The third kappa shape index (κ3) is 1.97. The van der Waals surface area contributed by atoms with Crippen molar-refractivity contribution < 1.29 is 18.7 Å². The summed E-state index contributed by atoms with van der Waals surface area (Å²) >= 11 is 0.874. The molecule has 1 N–H and O–H groups in total. The minimum atomic E-state index is -3.69. The summed E-state index contributed by atoms with van der Waals surface area (Å²) in [5.74, 6) is -5.79. The molecule has 6 heteroatoms. The lowest BCUT2D eigenvalue weighted by Gasteiger charge is -2.07. The second-order valence-corrected chi connectivity index (χ2v) is 3.08. The number of aromatic nitrogens is 1. The van der Waals surface area contributed by atoms with Crippen LogP contribution in [0.4, 0.5) is 8.78 Å². The van der Waals surface area contributed by atoms with Gasteiger partial charge in [0.2, 0.25) is 0 Å². The van der Waals surface area contributed by atoms with Crippen LogP contribution in [0.25, 0.3) is 0 Å². The van der Waals surface area contributed by atoms with Crippen LogP contribution >= 0.6 is 11.5 Å². The van der Waals surface area contributed by atoms with Crippen molar-refractivity contribution in [2.24, 2.45) is 0 Å². The third-order valence-electron chi connectivity index (χ3n) is 1.20. The van der Waals surface area contributed by atoms with E-state index in [0.717, 1.165) is 11.5 Å². The van der Waals surface area contributed by atoms with Crippen LogP contribution in [0.2, 0.25) is 0 Å². The van der Waals surface area contributed by atoms with Gasteiger partial charge in [-0.15, -0.1) is 0 Å². The van der Waals surface area contributed by atoms with Crippen LogP contribution in [-0.4, -0.2) is 21.4 Å². The van der Waals surface area contributed by atoms with E-state index in [2.05, 4.69) is 4.37 Å². The number of carboxylic acid groups (broad SMARTS) is 1. The van der Waals surface area contributed by atoms with Gasteiger partial charge in [0, 0.05) is 11.1 Å². The summed E-state index contributed by atoms with van der Waals surface area (Å²) in [5, 5.41) is 8.07. The van der Waals surface area contributed by atoms with Crippen molar-refractivity contribution in [3.8, 4) is 0 Å². The average molecular weight is 193 g/mol. The summed E-state index contributed by atoms with van der Waals surface area (Å²) in [4.78, 5) is 10.2. The predicted molar refractivity (Wildman–Crippen MR) is 38.4 cm³/mol. The molecular weight excluding hydrogens is 188 g/mol. The topological polar surface area (TPSA) is 50.2 Å². The van der Waals surface area contributed by atoms with Crippen molar-refractivity contribution in [1.29, 1.82) is 0 Å². The van der Waals surface area contributed by atoms with Gasteiger partial charge in [0.1, 0.15) is 0 Å². The lowest BCUT2D eigenvalue weighted by atomic mass is 10.2. The number of alkyl halides is 2. The first kappa shape index (κ1) is 9.05. The predicted octanol–water partition coefficient (Wildman–Crippen LogP) is 1.41. The minimum Gasteiger partial charge on any atom is -0.477 e. The Labute approximate surface area is 70.8 Å². The van der Waals surface area contributed by atoms with Crippen LogP contribution in [0, 0.1) is 0 Å². The normalized spacial score (nSPS) is 11.5. The minimum absolute atomic E-state index is 0.266. The van der Waals surface area contributed by atoms with E-state index in [4.69, 9.17) is 5.11 Å². The first-order valence-corrected chi connectivity index (χ1v) is 3.80. The quantitative estimate of drug-likeness (QED) is 0.789. The van der Waals surface area contributed by atoms with Gasteiger partial charge in [0.15, 0.2) is 0 Å². The molecule has 0 fully saturated rings. The van der Waals surface area contributed by atoms with E-state index in [1.54, 1.807) is 0 Å². The fourth-order valence-corrected chi connectivity index (χ4v) is 1.25. The zero-order valence-electron chi connectivity index (χ0n) is 5.83. The number of carboxylic acids is 1. The van der Waals surface area contributed by atoms with Crippen molar-refractivity contribution >= 4 is 17.5 Å². The number of nitrogens with zero attached hydrogens (tertiary/aromatic N) is 1. The summed E-state index contributed by atoms with van der Waals surface area (Å²) in [5.41, 5.74) is 0. The molecule has 0 saturated carbocycles. The van der Waals surface area contributed by atoms with Crippen LogP contribution in [0.1, 0.15) is 4.88 Å². The van der Waals surface area contributed by atoms with Gasteiger partial charge in [-0.25, -0.2) is 9.17 Å². The fourth-order valence-electron chi connectivity index (χ4n) is 0.628. The van der Waals surface area contributed by atoms with Gasteiger partial charge in [0.05, 0.1) is 6.42 Å². The first-order chi connectivity index (χ1) is 5.52. The van der Waals surface area contributed by atoms with Gasteiger partial charge in [-0.05, 0) is 17.6 Å². The van der Waals surface area contributed by atoms with E-state index >= 15 is 0 Å². The Hall–Kier alpha value is -1.04. The zero-order chi connectivity index (χ0) is 9.19. The largest absolute Gasteiger partial charge is 0.477 e. The highest BCUT2D eigenvalue weighted by Crippen LogP contribution is 2.21. The summed E-state index contributed by atoms with van der Waals surface area (Å²) in [6, 6.07) is 1.38. The second kappa shape index (κ2) is 3.14. The van der Waals surface area contributed by atoms with Gasteiger partial charge in [0.25, 0.3) is 0 Å². The number of hydrogen-bond acceptors (Lipinski definition) is 3.